The monoisotopic (exact) mass is 607 g/mol. The number of hydrogen-bond acceptors (Lipinski definition) is 9. The van der Waals surface area contributed by atoms with Crippen LogP contribution in [0.4, 0.5) is 23.1 Å². The molecule has 0 radical (unpaired) electrons. The molecule has 230 valence electrons. The maximum Gasteiger partial charge on any atom is 0.254 e. The molecule has 2 aliphatic heterocycles. The van der Waals surface area contributed by atoms with Gasteiger partial charge < -0.3 is 36.1 Å². The Kier molecular flexibility index (Phi) is 8.56. The average molecular weight is 608 g/mol. The van der Waals surface area contributed by atoms with Crippen LogP contribution in [-0.2, 0) is 11.3 Å². The summed E-state index contributed by atoms with van der Waals surface area (Å²) in [5.41, 5.74) is 8.78. The molecule has 12 nitrogen and oxygen atoms in total. The minimum atomic E-state index is -0.720. The molecule has 3 aromatic carbocycles. The number of fused-ring (bicyclic) bond motifs is 2. The summed E-state index contributed by atoms with van der Waals surface area (Å²) in [6.07, 6.45) is 3.44. The van der Waals surface area contributed by atoms with Gasteiger partial charge in [0.1, 0.15) is 17.1 Å². The van der Waals surface area contributed by atoms with Crippen molar-refractivity contribution in [3.63, 3.8) is 0 Å². The Morgan fingerprint density at radius 3 is 2.36 bits per heavy atom. The van der Waals surface area contributed by atoms with Crippen molar-refractivity contribution < 1.29 is 23.9 Å². The molecule has 1 aromatic heterocycles. The summed E-state index contributed by atoms with van der Waals surface area (Å²) in [6, 6.07) is 21.6. The zero-order valence-corrected chi connectivity index (χ0v) is 24.7. The quantitative estimate of drug-likeness (QED) is 0.209. The standard InChI is InChI=1S/C33H33N7O5/c1-44-28-15-22(32(43)40-18-24-12-13-25(19-40)45-24)9-14-27(28)38-30-26(29(34)41)17-36-33(39-30)37-23-10-7-21(8-11-23)31(42)35-16-20-5-3-2-4-6-20/h2-11,14-15,17,24-25H,12-13,16,18-19H2,1H3,(H2,34,41)(H,35,42)(H2,36,37,38,39). The summed E-state index contributed by atoms with van der Waals surface area (Å²) in [4.78, 5) is 48.6. The number of anilines is 4. The molecular formula is C33H33N7O5. The van der Waals surface area contributed by atoms with Gasteiger partial charge in [-0.3, -0.25) is 14.4 Å². The summed E-state index contributed by atoms with van der Waals surface area (Å²) >= 11 is 0. The molecule has 12 heteroatoms. The Bertz CT molecular complexity index is 1700. The minimum absolute atomic E-state index is 0.0667. The lowest BCUT2D eigenvalue weighted by Gasteiger charge is -2.32. The first-order chi connectivity index (χ1) is 21.9. The van der Waals surface area contributed by atoms with Crippen molar-refractivity contribution in [3.8, 4) is 5.75 Å². The van der Waals surface area contributed by atoms with E-state index in [1.807, 2.05) is 35.2 Å². The Morgan fingerprint density at radius 1 is 0.956 bits per heavy atom. The predicted molar refractivity (Wildman–Crippen MR) is 168 cm³/mol. The highest BCUT2D eigenvalue weighted by molar-refractivity contribution is 5.99. The Morgan fingerprint density at radius 2 is 1.67 bits per heavy atom. The van der Waals surface area contributed by atoms with Crippen LogP contribution in [0.1, 0.15) is 49.5 Å². The fraction of sp³-hybridized carbons (Fsp3) is 0.242. The molecule has 2 atom stereocenters. The normalized spacial score (nSPS) is 17.0. The number of morpholine rings is 1. The summed E-state index contributed by atoms with van der Waals surface area (Å²) in [5.74, 6) is -0.274. The zero-order valence-electron chi connectivity index (χ0n) is 24.7. The van der Waals surface area contributed by atoms with Gasteiger partial charge in [-0.1, -0.05) is 30.3 Å². The summed E-state index contributed by atoms with van der Waals surface area (Å²) < 4.78 is 11.4. The van der Waals surface area contributed by atoms with Crippen LogP contribution < -0.4 is 26.4 Å². The van der Waals surface area contributed by atoms with Gasteiger partial charge in [0, 0.05) is 42.6 Å². The molecule has 2 fully saturated rings. The summed E-state index contributed by atoms with van der Waals surface area (Å²) in [5, 5.41) is 9.09. The van der Waals surface area contributed by atoms with Gasteiger partial charge in [0.2, 0.25) is 5.95 Å². The molecule has 0 aliphatic carbocycles. The highest BCUT2D eigenvalue weighted by atomic mass is 16.5. The maximum atomic E-state index is 13.3. The van der Waals surface area contributed by atoms with E-state index in [1.165, 1.54) is 13.3 Å². The number of ether oxygens (including phenoxy) is 2. The maximum absolute atomic E-state index is 13.3. The number of rotatable bonds is 10. The summed E-state index contributed by atoms with van der Waals surface area (Å²) in [6.45, 7) is 1.56. The molecule has 0 spiro atoms. The molecule has 45 heavy (non-hydrogen) atoms. The highest BCUT2D eigenvalue weighted by Gasteiger charge is 2.36. The van der Waals surface area contributed by atoms with Gasteiger partial charge in [0.25, 0.3) is 17.7 Å². The SMILES string of the molecule is COc1cc(C(=O)N2CC3CCC(C2)O3)ccc1Nc1nc(Nc2ccc(C(=O)NCc3ccccc3)cc2)ncc1C(N)=O. The van der Waals surface area contributed by atoms with E-state index >= 15 is 0 Å². The number of benzene rings is 3. The van der Waals surface area contributed by atoms with Gasteiger partial charge in [0.05, 0.1) is 25.0 Å². The number of carbonyl (C=O) groups excluding carboxylic acids is 3. The number of methoxy groups -OCH3 is 1. The lowest BCUT2D eigenvalue weighted by Crippen LogP contribution is -2.45. The third kappa shape index (κ3) is 6.86. The average Bonchev–Trinajstić information content (AvgIpc) is 3.41. The number of aromatic nitrogens is 2. The van der Waals surface area contributed by atoms with E-state index in [9.17, 15) is 14.4 Å². The van der Waals surface area contributed by atoms with E-state index in [1.54, 1.807) is 42.5 Å². The Balaban J connectivity index is 1.15. The molecular weight excluding hydrogens is 574 g/mol. The number of nitrogens with two attached hydrogens (primary N) is 1. The van der Waals surface area contributed by atoms with Crippen molar-refractivity contribution in [1.82, 2.24) is 20.2 Å². The van der Waals surface area contributed by atoms with E-state index in [0.717, 1.165) is 18.4 Å². The van der Waals surface area contributed by atoms with Crippen molar-refractivity contribution in [1.29, 1.82) is 0 Å². The molecule has 2 unspecified atom stereocenters. The molecule has 4 aromatic rings. The van der Waals surface area contributed by atoms with Crippen molar-refractivity contribution in [3.05, 3.63) is 101 Å². The lowest BCUT2D eigenvalue weighted by molar-refractivity contribution is -0.0303. The van der Waals surface area contributed by atoms with Gasteiger partial charge in [-0.25, -0.2) is 4.98 Å². The van der Waals surface area contributed by atoms with Crippen LogP contribution in [0.3, 0.4) is 0 Å². The first-order valence-electron chi connectivity index (χ1n) is 14.6. The third-order valence-corrected chi connectivity index (χ3v) is 7.79. The predicted octanol–water partition coefficient (Wildman–Crippen LogP) is 4.00. The largest absolute Gasteiger partial charge is 0.495 e. The van der Waals surface area contributed by atoms with Crippen LogP contribution in [0.5, 0.6) is 5.75 Å². The number of primary amides is 1. The smallest absolute Gasteiger partial charge is 0.254 e. The third-order valence-electron chi connectivity index (χ3n) is 7.79. The first-order valence-corrected chi connectivity index (χ1v) is 14.6. The minimum Gasteiger partial charge on any atom is -0.495 e. The first kappa shape index (κ1) is 29.6. The van der Waals surface area contributed by atoms with E-state index in [4.69, 9.17) is 15.2 Å². The van der Waals surface area contributed by atoms with E-state index in [0.29, 0.717) is 47.9 Å². The van der Waals surface area contributed by atoms with Gasteiger partial charge in [-0.15, -0.1) is 0 Å². The van der Waals surface area contributed by atoms with Crippen LogP contribution in [0.15, 0.2) is 79.0 Å². The van der Waals surface area contributed by atoms with Crippen LogP contribution in [0, 0.1) is 0 Å². The van der Waals surface area contributed by atoms with Crippen LogP contribution in [0.2, 0.25) is 0 Å². The molecule has 2 bridgehead atoms. The Hall–Kier alpha value is -5.49. The molecule has 5 N–H and O–H groups in total. The van der Waals surface area contributed by atoms with Crippen molar-refractivity contribution in [2.24, 2.45) is 5.73 Å². The van der Waals surface area contributed by atoms with E-state index < -0.39 is 5.91 Å². The number of carbonyl (C=O) groups is 3. The molecule has 3 amide bonds. The fourth-order valence-corrected chi connectivity index (χ4v) is 5.45. The number of hydrogen-bond donors (Lipinski definition) is 4. The number of likely N-dealkylation sites (tertiary alicyclic amines) is 1. The highest BCUT2D eigenvalue weighted by Crippen LogP contribution is 2.32. The molecule has 2 aliphatic rings. The van der Waals surface area contributed by atoms with Crippen molar-refractivity contribution in [2.75, 3.05) is 30.8 Å². The van der Waals surface area contributed by atoms with Crippen LogP contribution >= 0.6 is 0 Å². The summed E-state index contributed by atoms with van der Waals surface area (Å²) in [7, 11) is 1.50. The number of amides is 3. The second-order valence-electron chi connectivity index (χ2n) is 10.9. The van der Waals surface area contributed by atoms with E-state index in [-0.39, 0.29) is 41.4 Å². The van der Waals surface area contributed by atoms with Crippen LogP contribution in [-0.4, -0.2) is 65.0 Å². The second kappa shape index (κ2) is 13.0. The van der Waals surface area contributed by atoms with Gasteiger partial charge in [-0.05, 0) is 60.9 Å². The molecule has 2 saturated heterocycles. The fourth-order valence-electron chi connectivity index (χ4n) is 5.45. The Labute approximate surface area is 260 Å². The second-order valence-corrected chi connectivity index (χ2v) is 10.9. The topological polar surface area (TPSA) is 161 Å². The number of nitrogens with zero attached hydrogens (tertiary/aromatic N) is 3. The lowest BCUT2D eigenvalue weighted by atomic mass is 10.1. The molecule has 3 heterocycles. The zero-order chi connectivity index (χ0) is 31.3. The van der Waals surface area contributed by atoms with Gasteiger partial charge >= 0.3 is 0 Å². The molecule has 0 saturated carbocycles. The van der Waals surface area contributed by atoms with Gasteiger partial charge in [-0.2, -0.15) is 4.98 Å². The van der Waals surface area contributed by atoms with Gasteiger partial charge in [0.15, 0.2) is 0 Å². The van der Waals surface area contributed by atoms with Crippen LogP contribution in [0.25, 0.3) is 0 Å². The van der Waals surface area contributed by atoms with E-state index in [2.05, 4.69) is 25.9 Å². The molecule has 6 rings (SSSR count). The van der Waals surface area contributed by atoms with Crippen molar-refractivity contribution in [2.45, 2.75) is 31.6 Å². The van der Waals surface area contributed by atoms with Crippen molar-refractivity contribution >= 4 is 40.9 Å². The number of nitrogens with one attached hydrogen (secondary N) is 3.